The maximum absolute atomic E-state index is 4.50. The molecule has 0 bridgehead atoms. The average molecular weight is 248 g/mol. The molecule has 0 spiro atoms. The Bertz CT molecular complexity index is 385. The molecule has 4 heteroatoms. The van der Waals surface area contributed by atoms with Crippen LogP contribution in [0.25, 0.3) is 0 Å². The Morgan fingerprint density at radius 2 is 1.94 bits per heavy atom. The van der Waals surface area contributed by atoms with Gasteiger partial charge in [0.15, 0.2) is 0 Å². The molecule has 1 aromatic heterocycles. The summed E-state index contributed by atoms with van der Waals surface area (Å²) >= 11 is 0. The minimum atomic E-state index is 0.564. The highest BCUT2D eigenvalue weighted by Crippen LogP contribution is 2.13. The van der Waals surface area contributed by atoms with Crippen molar-refractivity contribution in [3.8, 4) is 0 Å². The summed E-state index contributed by atoms with van der Waals surface area (Å²) in [5.74, 6) is 0.891. The number of rotatable bonds is 4. The van der Waals surface area contributed by atoms with Crippen molar-refractivity contribution in [2.75, 3.05) is 25.0 Å². The van der Waals surface area contributed by atoms with Crippen LogP contribution in [-0.2, 0) is 0 Å². The molecule has 1 aliphatic rings. The lowest BCUT2D eigenvalue weighted by molar-refractivity contribution is 0.180. The fraction of sp³-hybridized carbons (Fsp3) is 0.714. The van der Waals surface area contributed by atoms with E-state index in [1.54, 1.807) is 0 Å². The molecule has 4 nitrogen and oxygen atoms in total. The lowest BCUT2D eigenvalue weighted by Gasteiger charge is -2.32. The normalized spacial score (nSPS) is 18.6. The summed E-state index contributed by atoms with van der Waals surface area (Å²) in [6.45, 7) is 9.69. The van der Waals surface area contributed by atoms with E-state index >= 15 is 0 Å². The van der Waals surface area contributed by atoms with Crippen LogP contribution in [-0.4, -0.2) is 40.5 Å². The van der Waals surface area contributed by atoms with E-state index in [4.69, 9.17) is 0 Å². The Labute approximate surface area is 110 Å². The first-order valence-electron chi connectivity index (χ1n) is 6.95. The van der Waals surface area contributed by atoms with Gasteiger partial charge in [-0.25, -0.2) is 4.98 Å². The van der Waals surface area contributed by atoms with Gasteiger partial charge in [-0.15, -0.1) is 0 Å². The molecule has 0 aliphatic carbocycles. The first kappa shape index (κ1) is 13.3. The van der Waals surface area contributed by atoms with Gasteiger partial charge >= 0.3 is 0 Å². The molecule has 1 saturated heterocycles. The Morgan fingerprint density at radius 1 is 1.22 bits per heavy atom. The summed E-state index contributed by atoms with van der Waals surface area (Å²) in [4.78, 5) is 11.4. The molecule has 1 unspecified atom stereocenters. The van der Waals surface area contributed by atoms with Crippen LogP contribution in [0.15, 0.2) is 6.20 Å². The number of anilines is 1. The lowest BCUT2D eigenvalue weighted by atomic mass is 10.1. The summed E-state index contributed by atoms with van der Waals surface area (Å²) in [7, 11) is 0. The smallest absolute Gasteiger partial charge is 0.144 e. The molecular weight excluding hydrogens is 224 g/mol. The number of aromatic nitrogens is 2. The summed E-state index contributed by atoms with van der Waals surface area (Å²) in [6.07, 6.45) is 5.89. The third-order valence-corrected chi connectivity index (χ3v) is 3.78. The van der Waals surface area contributed by atoms with Gasteiger partial charge in [0.25, 0.3) is 0 Å². The molecule has 0 aromatic carbocycles. The van der Waals surface area contributed by atoms with Crippen molar-refractivity contribution in [1.29, 1.82) is 0 Å². The van der Waals surface area contributed by atoms with Crippen LogP contribution in [0.1, 0.15) is 37.6 Å². The van der Waals surface area contributed by atoms with Crippen molar-refractivity contribution < 1.29 is 0 Å². The topological polar surface area (TPSA) is 41.1 Å². The van der Waals surface area contributed by atoms with E-state index in [0.717, 1.165) is 23.8 Å². The van der Waals surface area contributed by atoms with E-state index in [0.29, 0.717) is 6.04 Å². The van der Waals surface area contributed by atoms with Gasteiger partial charge in [0.2, 0.25) is 0 Å². The van der Waals surface area contributed by atoms with E-state index in [9.17, 15) is 0 Å². The second-order valence-electron chi connectivity index (χ2n) is 5.25. The molecule has 0 radical (unpaired) electrons. The van der Waals surface area contributed by atoms with Crippen LogP contribution in [0.4, 0.5) is 5.82 Å². The van der Waals surface area contributed by atoms with Crippen LogP contribution in [0.5, 0.6) is 0 Å². The van der Waals surface area contributed by atoms with Crippen molar-refractivity contribution in [1.82, 2.24) is 14.9 Å². The summed E-state index contributed by atoms with van der Waals surface area (Å²) in [5.41, 5.74) is 2.01. The van der Waals surface area contributed by atoms with Crippen molar-refractivity contribution in [2.24, 2.45) is 0 Å². The molecule has 1 fully saturated rings. The number of piperidine rings is 1. The van der Waals surface area contributed by atoms with Crippen LogP contribution in [0.2, 0.25) is 0 Å². The van der Waals surface area contributed by atoms with Crippen LogP contribution in [0, 0.1) is 13.8 Å². The molecule has 2 rings (SSSR count). The molecule has 100 valence electrons. The standard InChI is InChI=1S/C14H24N4/c1-11(18-7-5-4-6-8-18)9-16-14-10-15-12(2)13(3)17-14/h10-11H,4-9H2,1-3H3,(H,16,17). The van der Waals surface area contributed by atoms with Crippen molar-refractivity contribution in [2.45, 2.75) is 46.1 Å². The molecular formula is C14H24N4. The summed E-state index contributed by atoms with van der Waals surface area (Å²) in [6, 6.07) is 0.564. The Morgan fingerprint density at radius 3 is 2.61 bits per heavy atom. The van der Waals surface area contributed by atoms with Gasteiger partial charge in [-0.2, -0.15) is 0 Å². The monoisotopic (exact) mass is 248 g/mol. The SMILES string of the molecule is Cc1ncc(NCC(C)N2CCCCC2)nc1C. The van der Waals surface area contributed by atoms with Crippen molar-refractivity contribution in [3.63, 3.8) is 0 Å². The maximum atomic E-state index is 4.50. The number of aryl methyl sites for hydroxylation is 2. The minimum absolute atomic E-state index is 0.564. The van der Waals surface area contributed by atoms with Gasteiger partial charge < -0.3 is 5.32 Å². The summed E-state index contributed by atoms with van der Waals surface area (Å²) < 4.78 is 0. The molecule has 18 heavy (non-hydrogen) atoms. The lowest BCUT2D eigenvalue weighted by Crippen LogP contribution is -2.41. The highest BCUT2D eigenvalue weighted by Gasteiger charge is 2.16. The van der Waals surface area contributed by atoms with Gasteiger partial charge in [0.1, 0.15) is 5.82 Å². The number of nitrogens with one attached hydrogen (secondary N) is 1. The predicted molar refractivity (Wildman–Crippen MR) is 74.9 cm³/mol. The average Bonchev–Trinajstić information content (AvgIpc) is 2.41. The van der Waals surface area contributed by atoms with Crippen LogP contribution in [0.3, 0.4) is 0 Å². The fourth-order valence-corrected chi connectivity index (χ4v) is 2.37. The highest BCUT2D eigenvalue weighted by atomic mass is 15.2. The van der Waals surface area contributed by atoms with Gasteiger partial charge in [-0.1, -0.05) is 6.42 Å². The first-order valence-corrected chi connectivity index (χ1v) is 6.95. The molecule has 0 saturated carbocycles. The van der Waals surface area contributed by atoms with E-state index in [-0.39, 0.29) is 0 Å². The van der Waals surface area contributed by atoms with Crippen LogP contribution < -0.4 is 5.32 Å². The van der Waals surface area contributed by atoms with E-state index in [1.165, 1.54) is 32.4 Å². The van der Waals surface area contributed by atoms with E-state index < -0.39 is 0 Å². The zero-order chi connectivity index (χ0) is 13.0. The fourth-order valence-electron chi connectivity index (χ4n) is 2.37. The second-order valence-corrected chi connectivity index (χ2v) is 5.25. The van der Waals surface area contributed by atoms with E-state index in [2.05, 4.69) is 27.1 Å². The van der Waals surface area contributed by atoms with Crippen LogP contribution >= 0.6 is 0 Å². The quantitative estimate of drug-likeness (QED) is 0.888. The zero-order valence-electron chi connectivity index (χ0n) is 11.7. The molecule has 0 amide bonds. The maximum Gasteiger partial charge on any atom is 0.144 e. The Kier molecular flexibility index (Phi) is 4.53. The van der Waals surface area contributed by atoms with Gasteiger partial charge in [0.05, 0.1) is 17.6 Å². The first-order chi connectivity index (χ1) is 8.66. The third kappa shape index (κ3) is 3.42. The van der Waals surface area contributed by atoms with Gasteiger partial charge in [-0.3, -0.25) is 9.88 Å². The molecule has 1 aromatic rings. The third-order valence-electron chi connectivity index (χ3n) is 3.78. The number of hydrogen-bond donors (Lipinski definition) is 1. The number of nitrogens with zero attached hydrogens (tertiary/aromatic N) is 3. The van der Waals surface area contributed by atoms with Gasteiger partial charge in [0, 0.05) is 12.6 Å². The molecule has 2 heterocycles. The van der Waals surface area contributed by atoms with Crippen molar-refractivity contribution >= 4 is 5.82 Å². The Hall–Kier alpha value is -1.16. The van der Waals surface area contributed by atoms with Crippen molar-refractivity contribution in [3.05, 3.63) is 17.6 Å². The predicted octanol–water partition coefficient (Wildman–Crippen LogP) is 2.38. The molecule has 1 atom stereocenters. The zero-order valence-corrected chi connectivity index (χ0v) is 11.7. The number of likely N-dealkylation sites (tertiary alicyclic amines) is 1. The van der Waals surface area contributed by atoms with E-state index in [1.807, 2.05) is 20.0 Å². The largest absolute Gasteiger partial charge is 0.367 e. The number of hydrogen-bond acceptors (Lipinski definition) is 4. The highest BCUT2D eigenvalue weighted by molar-refractivity contribution is 5.33. The molecule has 1 N–H and O–H groups in total. The molecule has 1 aliphatic heterocycles. The Balaban J connectivity index is 1.84. The summed E-state index contributed by atoms with van der Waals surface area (Å²) in [5, 5.41) is 3.39. The minimum Gasteiger partial charge on any atom is -0.367 e. The second kappa shape index (κ2) is 6.14. The van der Waals surface area contributed by atoms with Gasteiger partial charge in [-0.05, 0) is 46.7 Å².